The summed E-state index contributed by atoms with van der Waals surface area (Å²) in [5.41, 5.74) is 2.07. The fourth-order valence-electron chi connectivity index (χ4n) is 1.84. The second-order valence-corrected chi connectivity index (χ2v) is 4.47. The van der Waals surface area contributed by atoms with E-state index in [0.29, 0.717) is 13.0 Å². The molecule has 0 saturated carbocycles. The molecular formula is C15H21NO4. The van der Waals surface area contributed by atoms with Crippen molar-refractivity contribution in [2.75, 3.05) is 20.3 Å². The quantitative estimate of drug-likeness (QED) is 0.763. The number of rotatable bonds is 7. The Morgan fingerprint density at radius 2 is 2.10 bits per heavy atom. The third-order valence-electron chi connectivity index (χ3n) is 2.78. The summed E-state index contributed by atoms with van der Waals surface area (Å²) in [6.45, 7) is 4.17. The van der Waals surface area contributed by atoms with Crippen molar-refractivity contribution in [1.82, 2.24) is 5.32 Å². The third-order valence-corrected chi connectivity index (χ3v) is 2.78. The molecule has 5 heteroatoms. The summed E-state index contributed by atoms with van der Waals surface area (Å²) >= 11 is 0. The molecule has 0 aliphatic rings. The molecule has 0 spiro atoms. The number of hydrogen-bond acceptors (Lipinski definition) is 4. The third kappa shape index (κ3) is 5.40. The van der Waals surface area contributed by atoms with Gasteiger partial charge in [-0.1, -0.05) is 29.8 Å². The molecule has 0 aliphatic heterocycles. The predicted octanol–water partition coefficient (Wildman–Crippen LogP) is 1.23. The van der Waals surface area contributed by atoms with E-state index in [-0.39, 0.29) is 12.5 Å². The molecule has 0 heterocycles. The minimum atomic E-state index is -0.699. The highest BCUT2D eigenvalue weighted by Gasteiger charge is 2.21. The number of hydrogen-bond donors (Lipinski definition) is 1. The number of carbonyl (C=O) groups is 2. The van der Waals surface area contributed by atoms with Crippen molar-refractivity contribution < 1.29 is 19.1 Å². The van der Waals surface area contributed by atoms with Crippen molar-refractivity contribution in [3.63, 3.8) is 0 Å². The summed E-state index contributed by atoms with van der Waals surface area (Å²) in [6, 6.07) is 7.09. The lowest BCUT2D eigenvalue weighted by atomic mass is 10.0. The normalized spacial score (nSPS) is 11.8. The Labute approximate surface area is 119 Å². The number of ether oxygens (including phenoxy) is 2. The number of aryl methyl sites for hydroxylation is 1. The second-order valence-electron chi connectivity index (χ2n) is 4.47. The number of amides is 1. The molecule has 0 fully saturated rings. The zero-order valence-corrected chi connectivity index (χ0v) is 12.1. The maximum absolute atomic E-state index is 11.7. The summed E-state index contributed by atoms with van der Waals surface area (Å²) in [7, 11) is 1.31. The van der Waals surface area contributed by atoms with Crippen molar-refractivity contribution in [2.24, 2.45) is 0 Å². The van der Waals surface area contributed by atoms with Crippen LogP contribution in [0.15, 0.2) is 24.3 Å². The van der Waals surface area contributed by atoms with Gasteiger partial charge in [0.2, 0.25) is 5.91 Å². The van der Waals surface area contributed by atoms with E-state index in [1.54, 1.807) is 6.92 Å². The van der Waals surface area contributed by atoms with E-state index in [9.17, 15) is 9.59 Å². The number of carbonyl (C=O) groups excluding carboxylic acids is 2. The van der Waals surface area contributed by atoms with Crippen LogP contribution in [0.5, 0.6) is 0 Å². The van der Waals surface area contributed by atoms with Gasteiger partial charge in [0, 0.05) is 13.0 Å². The Balaban J connectivity index is 2.69. The van der Waals surface area contributed by atoms with Gasteiger partial charge in [0.25, 0.3) is 0 Å². The minimum Gasteiger partial charge on any atom is -0.467 e. The Morgan fingerprint density at radius 1 is 1.35 bits per heavy atom. The van der Waals surface area contributed by atoms with Crippen LogP contribution in [0.2, 0.25) is 0 Å². The fraction of sp³-hybridized carbons (Fsp3) is 0.467. The van der Waals surface area contributed by atoms with Crippen LogP contribution in [0.25, 0.3) is 0 Å². The van der Waals surface area contributed by atoms with E-state index in [4.69, 9.17) is 9.47 Å². The Bertz CT molecular complexity index is 459. The smallest absolute Gasteiger partial charge is 0.328 e. The molecule has 1 amide bonds. The summed E-state index contributed by atoms with van der Waals surface area (Å²) in [5.74, 6) is -0.786. The van der Waals surface area contributed by atoms with Gasteiger partial charge in [-0.2, -0.15) is 0 Å². The number of methoxy groups -OCH3 is 1. The highest BCUT2D eigenvalue weighted by atomic mass is 16.5. The van der Waals surface area contributed by atoms with Gasteiger partial charge >= 0.3 is 5.97 Å². The van der Waals surface area contributed by atoms with Gasteiger partial charge in [-0.3, -0.25) is 4.79 Å². The van der Waals surface area contributed by atoms with Crippen LogP contribution < -0.4 is 5.32 Å². The lowest BCUT2D eigenvalue weighted by molar-refractivity contribution is -0.145. The van der Waals surface area contributed by atoms with Crippen molar-refractivity contribution in [1.29, 1.82) is 0 Å². The molecule has 0 saturated heterocycles. The molecule has 0 aliphatic carbocycles. The topological polar surface area (TPSA) is 64.6 Å². The van der Waals surface area contributed by atoms with Crippen LogP contribution in [0.1, 0.15) is 18.1 Å². The monoisotopic (exact) mass is 279 g/mol. The SMILES string of the molecule is CCOCC(=O)N[C@@H](Cc1cccc(C)c1)C(=O)OC. The van der Waals surface area contributed by atoms with Gasteiger partial charge in [-0.15, -0.1) is 0 Å². The van der Waals surface area contributed by atoms with E-state index >= 15 is 0 Å². The van der Waals surface area contributed by atoms with E-state index in [2.05, 4.69) is 5.32 Å². The molecule has 1 aromatic rings. The molecule has 1 atom stereocenters. The Morgan fingerprint density at radius 3 is 2.70 bits per heavy atom. The lowest BCUT2D eigenvalue weighted by Crippen LogP contribution is -2.44. The lowest BCUT2D eigenvalue weighted by Gasteiger charge is -2.16. The van der Waals surface area contributed by atoms with Gasteiger partial charge < -0.3 is 14.8 Å². The molecule has 0 bridgehead atoms. The van der Waals surface area contributed by atoms with Crippen molar-refractivity contribution in [2.45, 2.75) is 26.3 Å². The summed E-state index contributed by atoms with van der Waals surface area (Å²) in [6.07, 6.45) is 0.395. The Hall–Kier alpha value is -1.88. The highest BCUT2D eigenvalue weighted by Crippen LogP contribution is 2.08. The number of benzene rings is 1. The summed E-state index contributed by atoms with van der Waals surface area (Å²) in [4.78, 5) is 23.4. The summed E-state index contributed by atoms with van der Waals surface area (Å²) in [5, 5.41) is 2.63. The van der Waals surface area contributed by atoms with E-state index in [1.807, 2.05) is 31.2 Å². The first kappa shape index (κ1) is 16.2. The average Bonchev–Trinajstić information content (AvgIpc) is 2.43. The molecule has 1 N–H and O–H groups in total. The standard InChI is InChI=1S/C15H21NO4/c1-4-20-10-14(17)16-13(15(18)19-3)9-12-7-5-6-11(2)8-12/h5-8,13H,4,9-10H2,1-3H3,(H,16,17)/t13-/m0/s1. The van der Waals surface area contributed by atoms with E-state index < -0.39 is 12.0 Å². The molecule has 5 nitrogen and oxygen atoms in total. The number of esters is 1. The van der Waals surface area contributed by atoms with Gasteiger partial charge in [0.05, 0.1) is 7.11 Å². The maximum atomic E-state index is 11.7. The van der Waals surface area contributed by atoms with Gasteiger partial charge in [-0.05, 0) is 19.4 Å². The molecule has 0 unspecified atom stereocenters. The molecule has 0 radical (unpaired) electrons. The Kier molecular flexibility index (Phi) is 6.73. The van der Waals surface area contributed by atoms with Crippen molar-refractivity contribution in [3.8, 4) is 0 Å². The molecular weight excluding hydrogens is 258 g/mol. The van der Waals surface area contributed by atoms with Crippen LogP contribution in [0, 0.1) is 6.92 Å². The molecule has 20 heavy (non-hydrogen) atoms. The highest BCUT2D eigenvalue weighted by molar-refractivity contribution is 5.85. The average molecular weight is 279 g/mol. The fourth-order valence-corrected chi connectivity index (χ4v) is 1.84. The second kappa shape index (κ2) is 8.32. The largest absolute Gasteiger partial charge is 0.467 e. The first-order valence-corrected chi connectivity index (χ1v) is 6.57. The van der Waals surface area contributed by atoms with Crippen LogP contribution >= 0.6 is 0 Å². The zero-order chi connectivity index (χ0) is 15.0. The van der Waals surface area contributed by atoms with Gasteiger partial charge in [-0.25, -0.2) is 4.79 Å². The molecule has 0 aromatic heterocycles. The first-order chi connectivity index (χ1) is 9.56. The number of nitrogens with one attached hydrogen (secondary N) is 1. The van der Waals surface area contributed by atoms with Gasteiger partial charge in [0.1, 0.15) is 12.6 Å². The summed E-state index contributed by atoms with van der Waals surface area (Å²) < 4.78 is 9.74. The van der Waals surface area contributed by atoms with Crippen LogP contribution in [-0.2, 0) is 25.5 Å². The van der Waals surface area contributed by atoms with Crippen molar-refractivity contribution >= 4 is 11.9 Å². The van der Waals surface area contributed by atoms with Crippen LogP contribution in [0.4, 0.5) is 0 Å². The van der Waals surface area contributed by atoms with Crippen LogP contribution in [-0.4, -0.2) is 38.2 Å². The molecule has 1 rings (SSSR count). The maximum Gasteiger partial charge on any atom is 0.328 e. The first-order valence-electron chi connectivity index (χ1n) is 6.57. The van der Waals surface area contributed by atoms with Crippen LogP contribution in [0.3, 0.4) is 0 Å². The minimum absolute atomic E-state index is 0.0577. The predicted molar refractivity (Wildman–Crippen MR) is 75.3 cm³/mol. The van der Waals surface area contributed by atoms with E-state index in [1.165, 1.54) is 7.11 Å². The van der Waals surface area contributed by atoms with Gasteiger partial charge in [0.15, 0.2) is 0 Å². The van der Waals surface area contributed by atoms with Crippen molar-refractivity contribution in [3.05, 3.63) is 35.4 Å². The molecule has 1 aromatic carbocycles. The molecule has 110 valence electrons. The van der Waals surface area contributed by atoms with E-state index in [0.717, 1.165) is 11.1 Å². The zero-order valence-electron chi connectivity index (χ0n) is 12.1.